The van der Waals surface area contributed by atoms with Gasteiger partial charge in [-0.3, -0.25) is 32.9 Å². The number of amides is 1. The lowest BCUT2D eigenvalue weighted by atomic mass is 9.80. The number of aromatic amines is 3. The van der Waals surface area contributed by atoms with Gasteiger partial charge < -0.3 is 44.7 Å². The van der Waals surface area contributed by atoms with Crippen molar-refractivity contribution in [2.45, 2.75) is 30.6 Å². The fraction of sp³-hybridized carbons (Fsp3) is 0.152. The van der Waals surface area contributed by atoms with E-state index in [2.05, 4.69) is 59.5 Å². The number of fused-ring (bicyclic) bond motifs is 3. The van der Waals surface area contributed by atoms with Crippen LogP contribution in [0.15, 0.2) is 220 Å². The normalized spacial score (nSPS) is 11.9. The molecule has 6 heterocycles. The minimum atomic E-state index is -1.62. The average molecular weight is 1160 g/mol. The van der Waals surface area contributed by atoms with E-state index < -0.39 is 23.8 Å². The summed E-state index contributed by atoms with van der Waals surface area (Å²) in [7, 11) is 6.52. The number of methoxy groups -OCH3 is 3. The van der Waals surface area contributed by atoms with E-state index in [1.807, 2.05) is 97.3 Å². The number of aromatic nitrogens is 9. The van der Waals surface area contributed by atoms with Crippen LogP contribution in [0.3, 0.4) is 0 Å². The number of hydrogen-bond donors (Lipinski definition) is 6. The highest BCUT2D eigenvalue weighted by Gasteiger charge is 2.39. The van der Waals surface area contributed by atoms with Crippen molar-refractivity contribution in [1.82, 2.24) is 48.9 Å². The second-order valence-electron chi connectivity index (χ2n) is 19.5. The molecule has 6 aromatic heterocycles. The summed E-state index contributed by atoms with van der Waals surface area (Å²) < 4.78 is 20.8. The van der Waals surface area contributed by atoms with Crippen LogP contribution in [0.2, 0.25) is 0 Å². The molecule has 0 saturated carbocycles. The zero-order chi connectivity index (χ0) is 60.5. The summed E-state index contributed by atoms with van der Waals surface area (Å²) in [5.74, 6) is -3.17. The Morgan fingerprint density at radius 3 is 1.22 bits per heavy atom. The van der Waals surface area contributed by atoms with Crippen LogP contribution >= 0.6 is 0 Å². The Morgan fingerprint density at radius 1 is 0.477 bits per heavy atom. The summed E-state index contributed by atoms with van der Waals surface area (Å²) in [6.45, 7) is 0. The fourth-order valence-corrected chi connectivity index (χ4v) is 10.5. The number of carboxylic acids is 2. The Kier molecular flexibility index (Phi) is 19.4. The number of imidazole rings is 3. The molecule has 1 amide bonds. The van der Waals surface area contributed by atoms with E-state index in [9.17, 15) is 34.2 Å². The SMILES string of the molecule is CNC(=O)C[C@@H](c1ccccc1)c1c[nH]c2cccc(OC)c12.COc1cccc2[nH]cc([C@@H](CC(=O)n3ccnc3)c3ccccc3)c12.COc1cccc2[nH]cc([C@H](c3ccccc3)C(C(=O)O)C(=O)O)c12.O=C(n1ccnc1)n1ccnc1. The Hall–Kier alpha value is -11.3. The largest absolute Gasteiger partial charge is 0.496 e. The van der Waals surface area contributed by atoms with E-state index >= 15 is 0 Å². The Labute approximate surface area is 493 Å². The van der Waals surface area contributed by atoms with Crippen molar-refractivity contribution < 1.29 is 48.4 Å². The molecule has 0 aliphatic heterocycles. The van der Waals surface area contributed by atoms with Gasteiger partial charge in [-0.1, -0.05) is 109 Å². The number of nitrogens with one attached hydrogen (secondary N) is 4. The van der Waals surface area contributed by atoms with E-state index in [1.165, 1.54) is 33.5 Å². The van der Waals surface area contributed by atoms with E-state index in [1.54, 1.807) is 107 Å². The van der Waals surface area contributed by atoms with Gasteiger partial charge in [-0.25, -0.2) is 19.7 Å². The number of carbonyl (C=O) groups is 5. The van der Waals surface area contributed by atoms with Crippen molar-refractivity contribution in [3.05, 3.63) is 254 Å². The lowest BCUT2D eigenvalue weighted by Crippen LogP contribution is -2.30. The van der Waals surface area contributed by atoms with Gasteiger partial charge in [-0.15, -0.1) is 0 Å². The second kappa shape index (κ2) is 28.1. The lowest BCUT2D eigenvalue weighted by molar-refractivity contribution is -0.155. The molecule has 0 saturated heterocycles. The number of ether oxygens (including phenoxy) is 3. The van der Waals surface area contributed by atoms with Crippen molar-refractivity contribution in [1.29, 1.82) is 0 Å². The Morgan fingerprint density at radius 2 is 0.849 bits per heavy atom. The highest BCUT2D eigenvalue weighted by atomic mass is 16.5. The maximum absolute atomic E-state index is 12.8. The van der Waals surface area contributed by atoms with Gasteiger partial charge in [0, 0.05) is 126 Å². The molecule has 0 bridgehead atoms. The van der Waals surface area contributed by atoms with Crippen molar-refractivity contribution in [2.75, 3.05) is 28.4 Å². The fourth-order valence-electron chi connectivity index (χ4n) is 10.5. The number of carbonyl (C=O) groups excluding carboxylic acids is 3. The third kappa shape index (κ3) is 13.5. The molecule has 0 aliphatic rings. The van der Waals surface area contributed by atoms with Gasteiger partial charge in [0.2, 0.25) is 11.8 Å². The van der Waals surface area contributed by atoms with Gasteiger partial charge >= 0.3 is 18.0 Å². The van der Waals surface area contributed by atoms with Crippen LogP contribution in [0.1, 0.15) is 68.8 Å². The maximum atomic E-state index is 12.8. The van der Waals surface area contributed by atoms with E-state index in [0.29, 0.717) is 35.1 Å². The Balaban J connectivity index is 0.000000141. The lowest BCUT2D eigenvalue weighted by Gasteiger charge is -2.22. The predicted molar refractivity (Wildman–Crippen MR) is 325 cm³/mol. The summed E-state index contributed by atoms with van der Waals surface area (Å²) in [6, 6.07) is 46.0. The quantitative estimate of drug-likeness (QED) is 0.0492. The molecule has 20 nitrogen and oxygen atoms in total. The first-order valence-electron chi connectivity index (χ1n) is 27.2. The number of H-pyrrole nitrogens is 3. The van der Waals surface area contributed by atoms with Crippen molar-refractivity contribution in [3.63, 3.8) is 0 Å². The van der Waals surface area contributed by atoms with Gasteiger partial charge in [0.1, 0.15) is 36.2 Å². The van der Waals surface area contributed by atoms with Crippen molar-refractivity contribution in [3.8, 4) is 17.2 Å². The molecule has 436 valence electrons. The maximum Gasteiger partial charge on any atom is 0.338 e. The molecule has 0 spiro atoms. The molecule has 3 atom stereocenters. The van der Waals surface area contributed by atoms with Gasteiger partial charge in [0.05, 0.1) is 21.3 Å². The highest BCUT2D eigenvalue weighted by Crippen LogP contribution is 2.42. The standard InChI is InChI=1S/C21H19N3O2.C19H20N2O2.C19H17NO5.C7H6N4O/c1-26-19-9-5-8-18-21(19)17(13-23-18)16(15-6-3-2-4-7-15)12-20(25)24-11-10-22-14-24;1-20-18(22)11-14(13-7-4-3-5-8-13)15-12-21-16-9-6-10-17(23-2)19(15)16;1-25-14-9-5-8-13-16(14)12(10-20-13)15(11-6-3-2-4-7-11)17(18(21)22)19(23)24;12-7(10-3-1-8-5-10)11-4-2-9-6-11/h2-11,13-14,16,23H,12H2,1H3;3-10,12,14,21H,11H2,1-2H3,(H,20,22);2-10,15,17,20H,1H3,(H,21,22)(H,23,24);1-6H/t16-;14-;15-;/m000./s1. The molecule has 6 aromatic carbocycles. The van der Waals surface area contributed by atoms with Crippen LogP contribution in [0.4, 0.5) is 4.79 Å². The van der Waals surface area contributed by atoms with Gasteiger partial charge in [0.15, 0.2) is 5.92 Å². The third-order valence-electron chi connectivity index (χ3n) is 14.6. The molecule has 0 unspecified atom stereocenters. The van der Waals surface area contributed by atoms with Crippen LogP contribution in [0.25, 0.3) is 32.7 Å². The molecule has 0 fully saturated rings. The minimum absolute atomic E-state index is 0.000557. The summed E-state index contributed by atoms with van der Waals surface area (Å²) >= 11 is 0. The number of rotatable bonds is 16. The highest BCUT2D eigenvalue weighted by molar-refractivity contribution is 5.98. The van der Waals surface area contributed by atoms with Crippen LogP contribution in [-0.2, 0) is 14.4 Å². The van der Waals surface area contributed by atoms with E-state index in [-0.39, 0.29) is 29.7 Å². The van der Waals surface area contributed by atoms with Crippen LogP contribution in [0, 0.1) is 5.92 Å². The summed E-state index contributed by atoms with van der Waals surface area (Å²) in [5.41, 5.74) is 8.29. The Bertz CT molecular complexity index is 4110. The number of nitrogens with zero attached hydrogens (tertiary/aromatic N) is 6. The predicted octanol–water partition coefficient (Wildman–Crippen LogP) is 11.4. The molecular formula is C66H62N10O10. The minimum Gasteiger partial charge on any atom is -0.496 e. The first kappa shape index (κ1) is 59.3. The summed E-state index contributed by atoms with van der Waals surface area (Å²) in [4.78, 5) is 80.8. The number of carboxylic acid groups (broad SMARTS) is 2. The number of aliphatic carboxylic acids is 2. The molecular weight excluding hydrogens is 1090 g/mol. The summed E-state index contributed by atoms with van der Waals surface area (Å²) in [5, 5.41) is 24.6. The monoisotopic (exact) mass is 1150 g/mol. The number of hydrogen-bond acceptors (Lipinski definition) is 11. The summed E-state index contributed by atoms with van der Waals surface area (Å²) in [6.07, 6.45) is 20.4. The van der Waals surface area contributed by atoms with E-state index in [4.69, 9.17) is 14.2 Å². The molecule has 86 heavy (non-hydrogen) atoms. The first-order chi connectivity index (χ1) is 41.9. The molecule has 6 N–H and O–H groups in total. The zero-order valence-electron chi connectivity index (χ0n) is 47.4. The third-order valence-corrected chi connectivity index (χ3v) is 14.6. The van der Waals surface area contributed by atoms with Crippen LogP contribution in [0.5, 0.6) is 17.2 Å². The molecule has 0 aliphatic carbocycles. The molecule has 12 aromatic rings. The first-order valence-corrected chi connectivity index (χ1v) is 27.2. The van der Waals surface area contributed by atoms with E-state index in [0.717, 1.165) is 61.1 Å². The zero-order valence-corrected chi connectivity index (χ0v) is 47.4. The average Bonchev–Trinajstić information content (AvgIpc) is 4.29. The topological polar surface area (TPSA) is 266 Å². The van der Waals surface area contributed by atoms with Crippen LogP contribution < -0.4 is 19.5 Å². The second-order valence-corrected chi connectivity index (χ2v) is 19.5. The van der Waals surface area contributed by atoms with Crippen LogP contribution in [-0.4, -0.2) is 112 Å². The van der Waals surface area contributed by atoms with Gasteiger partial charge in [0.25, 0.3) is 0 Å². The smallest absolute Gasteiger partial charge is 0.338 e. The van der Waals surface area contributed by atoms with Gasteiger partial charge in [-0.05, 0) is 69.8 Å². The van der Waals surface area contributed by atoms with Crippen molar-refractivity contribution >= 4 is 62.5 Å². The number of benzene rings is 6. The van der Waals surface area contributed by atoms with Gasteiger partial charge in [-0.2, -0.15) is 0 Å². The van der Waals surface area contributed by atoms with Crippen molar-refractivity contribution in [2.24, 2.45) is 5.92 Å². The molecule has 12 rings (SSSR count). The molecule has 20 heteroatoms. The molecule has 0 radical (unpaired) electrons.